The molecular weight excluding hydrogens is 232 g/mol. The summed E-state index contributed by atoms with van der Waals surface area (Å²) in [5.74, 6) is 0.0879. The summed E-state index contributed by atoms with van der Waals surface area (Å²) in [5, 5.41) is 0.639. The van der Waals surface area contributed by atoms with Crippen LogP contribution in [0.3, 0.4) is 0 Å². The lowest BCUT2D eigenvalue weighted by atomic mass is 9.96. The number of nitrogens with zero attached hydrogens (tertiary/aromatic N) is 2. The van der Waals surface area contributed by atoms with Gasteiger partial charge in [-0.25, -0.2) is 0 Å². The Morgan fingerprint density at radius 3 is 1.59 bits per heavy atom. The number of hydrogen-bond donors (Lipinski definition) is 0. The maximum absolute atomic E-state index is 12.5. The van der Waals surface area contributed by atoms with Gasteiger partial charge in [-0.2, -0.15) is 0 Å². The van der Waals surface area contributed by atoms with Crippen molar-refractivity contribution in [3.05, 3.63) is 0 Å². The molecule has 3 nitrogen and oxygen atoms in total. The first-order valence-electron chi connectivity index (χ1n) is 6.00. The molecule has 0 atom stereocenters. The lowest BCUT2D eigenvalue weighted by molar-refractivity contribution is -0.135. The minimum atomic E-state index is -0.567. The van der Waals surface area contributed by atoms with Crippen LogP contribution in [0.4, 0.5) is 0 Å². The lowest BCUT2D eigenvalue weighted by Crippen LogP contribution is -2.53. The Kier molecular flexibility index (Phi) is 3.12. The molecule has 0 aromatic heterocycles. The average molecular weight is 256 g/mol. The van der Waals surface area contributed by atoms with Crippen molar-refractivity contribution in [1.82, 2.24) is 9.80 Å². The van der Waals surface area contributed by atoms with E-state index in [2.05, 4.69) is 20.8 Å². The topological polar surface area (TPSA) is 23.6 Å². The van der Waals surface area contributed by atoms with Crippen molar-refractivity contribution < 1.29 is 4.79 Å². The van der Waals surface area contributed by atoms with Crippen LogP contribution in [0.5, 0.6) is 0 Å². The van der Waals surface area contributed by atoms with E-state index < -0.39 is 5.54 Å². The second-order valence-electron chi connectivity index (χ2n) is 7.16. The number of carbonyl (C=O) groups is 1. The number of rotatable bonds is 0. The zero-order valence-electron chi connectivity index (χ0n) is 12.2. The third kappa shape index (κ3) is 2.19. The first kappa shape index (κ1) is 14.4. The van der Waals surface area contributed by atoms with Gasteiger partial charge in [0.05, 0.1) is 0 Å². The van der Waals surface area contributed by atoms with Crippen molar-refractivity contribution in [1.29, 1.82) is 0 Å². The van der Waals surface area contributed by atoms with Crippen molar-refractivity contribution in [2.45, 2.75) is 72.0 Å². The van der Waals surface area contributed by atoms with E-state index in [1.54, 1.807) is 4.90 Å². The molecule has 4 heteroatoms. The highest BCUT2D eigenvalue weighted by Gasteiger charge is 2.55. The molecule has 17 heavy (non-hydrogen) atoms. The van der Waals surface area contributed by atoms with Crippen LogP contribution in [0.15, 0.2) is 0 Å². The monoisotopic (exact) mass is 256 g/mol. The minimum absolute atomic E-state index is 0.0879. The largest absolute Gasteiger partial charge is 0.330 e. The van der Waals surface area contributed by atoms with Crippen LogP contribution in [0.25, 0.3) is 0 Å². The number of thiocarbonyl (C=S) groups is 1. The third-order valence-electron chi connectivity index (χ3n) is 3.01. The van der Waals surface area contributed by atoms with Gasteiger partial charge in [-0.1, -0.05) is 0 Å². The van der Waals surface area contributed by atoms with E-state index >= 15 is 0 Å². The fourth-order valence-electron chi connectivity index (χ4n) is 2.51. The second kappa shape index (κ2) is 3.67. The van der Waals surface area contributed by atoms with E-state index in [4.69, 9.17) is 12.2 Å². The second-order valence-corrected chi connectivity index (χ2v) is 7.52. The van der Waals surface area contributed by atoms with E-state index in [1.807, 2.05) is 39.5 Å². The van der Waals surface area contributed by atoms with Crippen molar-refractivity contribution in [3.63, 3.8) is 0 Å². The molecule has 1 saturated heterocycles. The molecule has 1 fully saturated rings. The summed E-state index contributed by atoms with van der Waals surface area (Å²) in [6.07, 6.45) is 0. The van der Waals surface area contributed by atoms with Crippen LogP contribution in [-0.2, 0) is 4.79 Å². The van der Waals surface area contributed by atoms with Gasteiger partial charge in [-0.05, 0) is 67.6 Å². The summed E-state index contributed by atoms with van der Waals surface area (Å²) in [6, 6.07) is 0. The average Bonchev–Trinajstić information content (AvgIpc) is 2.13. The normalized spacial score (nSPS) is 21.4. The van der Waals surface area contributed by atoms with Crippen molar-refractivity contribution in [2.24, 2.45) is 0 Å². The fraction of sp³-hybridized carbons (Fsp3) is 0.846. The first-order chi connectivity index (χ1) is 7.31. The highest BCUT2D eigenvalue weighted by atomic mass is 32.1. The van der Waals surface area contributed by atoms with E-state index in [-0.39, 0.29) is 17.0 Å². The van der Waals surface area contributed by atoms with E-state index in [0.717, 1.165) is 0 Å². The SMILES string of the molecule is CC(C)(C)N1C(=O)C(C)(C)N(C(C)(C)C)C1=S. The van der Waals surface area contributed by atoms with Crippen LogP contribution in [-0.4, -0.2) is 37.4 Å². The number of amides is 1. The molecule has 0 spiro atoms. The molecule has 98 valence electrons. The molecule has 0 aromatic rings. The summed E-state index contributed by atoms with van der Waals surface area (Å²) in [7, 11) is 0. The maximum atomic E-state index is 12.5. The highest BCUT2D eigenvalue weighted by Crippen LogP contribution is 2.37. The molecule has 0 N–H and O–H groups in total. The Bertz CT molecular complexity index is 361. The predicted octanol–water partition coefficient (Wildman–Crippen LogP) is 2.79. The van der Waals surface area contributed by atoms with Gasteiger partial charge in [-0.15, -0.1) is 0 Å². The molecule has 0 aromatic carbocycles. The molecule has 0 unspecified atom stereocenters. The molecule has 0 bridgehead atoms. The highest BCUT2D eigenvalue weighted by molar-refractivity contribution is 7.80. The molecule has 1 aliphatic heterocycles. The summed E-state index contributed by atoms with van der Waals surface area (Å²) >= 11 is 5.52. The molecule has 1 heterocycles. The first-order valence-corrected chi connectivity index (χ1v) is 6.41. The van der Waals surface area contributed by atoms with Gasteiger partial charge in [0.1, 0.15) is 5.54 Å². The number of carbonyl (C=O) groups excluding carboxylic acids is 1. The Balaban J connectivity index is 3.31. The molecular formula is C13H24N2OS. The van der Waals surface area contributed by atoms with Crippen LogP contribution in [0.2, 0.25) is 0 Å². The summed E-state index contributed by atoms with van der Waals surface area (Å²) in [5.41, 5.74) is -0.996. The van der Waals surface area contributed by atoms with Crippen molar-refractivity contribution in [2.75, 3.05) is 0 Å². The number of hydrogen-bond acceptors (Lipinski definition) is 2. The molecule has 1 aliphatic rings. The zero-order valence-corrected chi connectivity index (χ0v) is 13.0. The van der Waals surface area contributed by atoms with Crippen LogP contribution in [0.1, 0.15) is 55.4 Å². The van der Waals surface area contributed by atoms with Gasteiger partial charge < -0.3 is 4.90 Å². The fourth-order valence-corrected chi connectivity index (χ4v) is 3.37. The van der Waals surface area contributed by atoms with Gasteiger partial charge >= 0.3 is 0 Å². The summed E-state index contributed by atoms with van der Waals surface area (Å²) in [6.45, 7) is 16.2. The standard InChI is InChI=1S/C13H24N2OS/c1-11(2,3)14-9(16)13(7,8)15(10(14)17)12(4,5)6/h1-8H3. The van der Waals surface area contributed by atoms with Crippen molar-refractivity contribution >= 4 is 23.2 Å². The minimum Gasteiger partial charge on any atom is -0.330 e. The van der Waals surface area contributed by atoms with E-state index in [9.17, 15) is 4.79 Å². The van der Waals surface area contributed by atoms with Gasteiger partial charge in [0.2, 0.25) is 0 Å². The van der Waals surface area contributed by atoms with Gasteiger partial charge in [-0.3, -0.25) is 9.69 Å². The molecule has 1 amide bonds. The Labute approximate surface area is 110 Å². The summed E-state index contributed by atoms with van der Waals surface area (Å²) in [4.78, 5) is 16.3. The molecule has 0 aliphatic carbocycles. The summed E-state index contributed by atoms with van der Waals surface area (Å²) < 4.78 is 0. The molecule has 1 rings (SSSR count). The van der Waals surface area contributed by atoms with Gasteiger partial charge in [0.25, 0.3) is 5.91 Å². The maximum Gasteiger partial charge on any atom is 0.254 e. The van der Waals surface area contributed by atoms with E-state index in [0.29, 0.717) is 5.11 Å². The lowest BCUT2D eigenvalue weighted by Gasteiger charge is -2.41. The van der Waals surface area contributed by atoms with Gasteiger partial charge in [0, 0.05) is 11.1 Å². The predicted molar refractivity (Wildman–Crippen MR) is 74.9 cm³/mol. The van der Waals surface area contributed by atoms with Crippen LogP contribution >= 0.6 is 12.2 Å². The van der Waals surface area contributed by atoms with Crippen LogP contribution in [0, 0.1) is 0 Å². The smallest absolute Gasteiger partial charge is 0.254 e. The van der Waals surface area contributed by atoms with Gasteiger partial charge in [0.15, 0.2) is 5.11 Å². The Morgan fingerprint density at radius 2 is 1.41 bits per heavy atom. The van der Waals surface area contributed by atoms with E-state index in [1.165, 1.54) is 0 Å². The van der Waals surface area contributed by atoms with Crippen LogP contribution < -0.4 is 0 Å². The zero-order chi connectivity index (χ0) is 13.8. The Hall–Kier alpha value is -0.640. The Morgan fingerprint density at radius 1 is 1.00 bits per heavy atom. The third-order valence-corrected chi connectivity index (χ3v) is 3.37. The van der Waals surface area contributed by atoms with Crippen molar-refractivity contribution in [3.8, 4) is 0 Å². The molecule has 0 saturated carbocycles. The molecule has 0 radical (unpaired) electrons. The quantitative estimate of drug-likeness (QED) is 0.623.